The molecule has 8 heteroatoms. The van der Waals surface area contributed by atoms with Crippen molar-refractivity contribution in [3.63, 3.8) is 0 Å². The van der Waals surface area contributed by atoms with E-state index < -0.39 is 0 Å². The van der Waals surface area contributed by atoms with E-state index in [1.54, 1.807) is 18.3 Å². The number of aromatic nitrogens is 3. The number of aryl methyl sites for hydroxylation is 1. The van der Waals surface area contributed by atoms with E-state index in [9.17, 15) is 4.79 Å². The van der Waals surface area contributed by atoms with Crippen LogP contribution in [0.2, 0.25) is 5.02 Å². The minimum Gasteiger partial charge on any atom is -0.352 e. The highest BCUT2D eigenvalue weighted by Crippen LogP contribution is 2.20. The fraction of sp³-hybridized carbons (Fsp3) is 0.238. The van der Waals surface area contributed by atoms with Gasteiger partial charge < -0.3 is 15.1 Å². The van der Waals surface area contributed by atoms with Crippen LogP contribution in [-0.2, 0) is 0 Å². The third-order valence-electron chi connectivity index (χ3n) is 4.82. The molecule has 0 unspecified atom stereocenters. The number of nitrogens with one attached hydrogen (secondary N) is 1. The van der Waals surface area contributed by atoms with E-state index in [1.807, 2.05) is 48.2 Å². The van der Waals surface area contributed by atoms with Crippen molar-refractivity contribution < 1.29 is 4.79 Å². The largest absolute Gasteiger partial charge is 0.352 e. The van der Waals surface area contributed by atoms with Gasteiger partial charge in [0.15, 0.2) is 11.6 Å². The molecule has 148 valence electrons. The summed E-state index contributed by atoms with van der Waals surface area (Å²) in [5, 5.41) is 12.2. The first-order valence-corrected chi connectivity index (χ1v) is 9.80. The van der Waals surface area contributed by atoms with Crippen LogP contribution < -0.4 is 10.2 Å². The van der Waals surface area contributed by atoms with E-state index in [2.05, 4.69) is 25.4 Å². The van der Waals surface area contributed by atoms with Crippen LogP contribution >= 0.6 is 11.6 Å². The fourth-order valence-electron chi connectivity index (χ4n) is 3.24. The summed E-state index contributed by atoms with van der Waals surface area (Å²) in [4.78, 5) is 20.9. The van der Waals surface area contributed by atoms with Gasteiger partial charge in [-0.25, -0.2) is 4.98 Å². The minimum absolute atomic E-state index is 0.0356. The SMILES string of the molecule is Cc1ccnc(Nc2ccc(N3CCN(C(=O)c4ccccc4Cl)CC3)nn2)c1. The Labute approximate surface area is 174 Å². The molecular weight excluding hydrogens is 388 g/mol. The van der Waals surface area contributed by atoms with E-state index in [1.165, 1.54) is 0 Å². The fourth-order valence-corrected chi connectivity index (χ4v) is 3.46. The van der Waals surface area contributed by atoms with Crippen molar-refractivity contribution in [1.82, 2.24) is 20.1 Å². The highest BCUT2D eigenvalue weighted by atomic mass is 35.5. The van der Waals surface area contributed by atoms with Gasteiger partial charge in [0.2, 0.25) is 0 Å². The first kappa shape index (κ1) is 19.1. The Kier molecular flexibility index (Phi) is 5.57. The Morgan fingerprint density at radius 1 is 1.00 bits per heavy atom. The molecule has 1 saturated heterocycles. The number of carbonyl (C=O) groups is 1. The van der Waals surface area contributed by atoms with Crippen LogP contribution in [-0.4, -0.2) is 52.2 Å². The molecule has 3 aromatic rings. The number of pyridine rings is 1. The first-order valence-electron chi connectivity index (χ1n) is 9.42. The van der Waals surface area contributed by atoms with Gasteiger partial charge in [-0.2, -0.15) is 0 Å². The molecule has 0 radical (unpaired) electrons. The molecule has 2 aromatic heterocycles. The Morgan fingerprint density at radius 2 is 1.79 bits per heavy atom. The molecule has 1 aliphatic heterocycles. The van der Waals surface area contributed by atoms with E-state index >= 15 is 0 Å². The van der Waals surface area contributed by atoms with Crippen molar-refractivity contribution in [3.8, 4) is 0 Å². The summed E-state index contributed by atoms with van der Waals surface area (Å²) in [6, 6.07) is 14.8. The maximum absolute atomic E-state index is 12.7. The van der Waals surface area contributed by atoms with E-state index in [0.29, 0.717) is 42.6 Å². The molecule has 7 nitrogen and oxygen atoms in total. The van der Waals surface area contributed by atoms with Crippen LogP contribution in [0.3, 0.4) is 0 Å². The predicted octanol–water partition coefficient (Wildman–Crippen LogP) is 3.54. The quantitative estimate of drug-likeness (QED) is 0.711. The van der Waals surface area contributed by atoms with E-state index in [4.69, 9.17) is 11.6 Å². The smallest absolute Gasteiger partial charge is 0.255 e. The molecule has 1 amide bonds. The molecule has 1 N–H and O–H groups in total. The summed E-state index contributed by atoms with van der Waals surface area (Å²) in [6.45, 7) is 4.61. The summed E-state index contributed by atoms with van der Waals surface area (Å²) in [5.41, 5.74) is 1.67. The first-order chi connectivity index (χ1) is 14.1. The van der Waals surface area contributed by atoms with Gasteiger partial charge in [0.25, 0.3) is 5.91 Å². The number of benzene rings is 1. The van der Waals surface area contributed by atoms with Gasteiger partial charge in [-0.15, -0.1) is 10.2 Å². The van der Waals surface area contributed by atoms with Crippen LogP contribution in [0.25, 0.3) is 0 Å². The predicted molar refractivity (Wildman–Crippen MR) is 114 cm³/mol. The lowest BCUT2D eigenvalue weighted by atomic mass is 10.2. The van der Waals surface area contributed by atoms with Gasteiger partial charge >= 0.3 is 0 Å². The lowest BCUT2D eigenvalue weighted by Crippen LogP contribution is -2.49. The maximum Gasteiger partial charge on any atom is 0.255 e. The molecular formula is C21H21ClN6O. The number of piperazine rings is 1. The number of hydrogen-bond donors (Lipinski definition) is 1. The standard InChI is InChI=1S/C21H21ClN6O/c1-15-8-9-23-19(14-15)24-18-6-7-20(26-25-18)27-10-12-28(13-11-27)21(29)16-4-2-3-5-17(16)22/h2-9,14H,10-13H2,1H3,(H,23,24,25). The van der Waals surface area contributed by atoms with Crippen LogP contribution in [0.1, 0.15) is 15.9 Å². The van der Waals surface area contributed by atoms with Crippen molar-refractivity contribution in [2.75, 3.05) is 36.4 Å². The maximum atomic E-state index is 12.7. The van der Waals surface area contributed by atoms with E-state index in [-0.39, 0.29) is 5.91 Å². The molecule has 1 fully saturated rings. The number of amides is 1. The second-order valence-electron chi connectivity index (χ2n) is 6.88. The summed E-state index contributed by atoms with van der Waals surface area (Å²) >= 11 is 6.16. The molecule has 0 aliphatic carbocycles. The van der Waals surface area contributed by atoms with Gasteiger partial charge in [-0.05, 0) is 48.9 Å². The zero-order chi connectivity index (χ0) is 20.2. The Morgan fingerprint density at radius 3 is 2.48 bits per heavy atom. The zero-order valence-corrected chi connectivity index (χ0v) is 16.8. The summed E-state index contributed by atoms with van der Waals surface area (Å²) in [5.74, 6) is 2.13. The number of anilines is 3. The second-order valence-corrected chi connectivity index (χ2v) is 7.29. The summed E-state index contributed by atoms with van der Waals surface area (Å²) < 4.78 is 0. The minimum atomic E-state index is -0.0356. The van der Waals surface area contributed by atoms with Crippen LogP contribution in [0.4, 0.5) is 17.5 Å². The number of hydrogen-bond acceptors (Lipinski definition) is 6. The molecule has 4 rings (SSSR count). The van der Waals surface area contributed by atoms with Crippen molar-refractivity contribution in [2.24, 2.45) is 0 Å². The molecule has 1 aromatic carbocycles. The Balaban J connectivity index is 1.36. The molecule has 1 aliphatic rings. The van der Waals surface area contributed by atoms with Crippen molar-refractivity contribution >= 4 is 35.0 Å². The molecule has 0 atom stereocenters. The third-order valence-corrected chi connectivity index (χ3v) is 5.15. The molecule has 0 spiro atoms. The number of halogens is 1. The third kappa shape index (κ3) is 4.46. The average molecular weight is 409 g/mol. The topological polar surface area (TPSA) is 74.2 Å². The molecule has 29 heavy (non-hydrogen) atoms. The average Bonchev–Trinajstić information content (AvgIpc) is 2.74. The van der Waals surface area contributed by atoms with Crippen LogP contribution in [0.5, 0.6) is 0 Å². The van der Waals surface area contributed by atoms with Crippen molar-refractivity contribution in [3.05, 3.63) is 70.9 Å². The summed E-state index contributed by atoms with van der Waals surface area (Å²) in [7, 11) is 0. The molecule has 0 bridgehead atoms. The van der Waals surface area contributed by atoms with Crippen molar-refractivity contribution in [1.29, 1.82) is 0 Å². The number of rotatable bonds is 4. The van der Waals surface area contributed by atoms with Gasteiger partial charge in [0, 0.05) is 32.4 Å². The number of carbonyl (C=O) groups excluding carboxylic acids is 1. The van der Waals surface area contributed by atoms with E-state index in [0.717, 1.165) is 17.2 Å². The second kappa shape index (κ2) is 8.45. The van der Waals surface area contributed by atoms with Crippen LogP contribution in [0.15, 0.2) is 54.7 Å². The van der Waals surface area contributed by atoms with Crippen LogP contribution in [0, 0.1) is 6.92 Å². The Hall–Kier alpha value is -3.19. The lowest BCUT2D eigenvalue weighted by Gasteiger charge is -2.35. The van der Waals surface area contributed by atoms with Gasteiger partial charge in [-0.3, -0.25) is 4.79 Å². The van der Waals surface area contributed by atoms with Crippen molar-refractivity contribution in [2.45, 2.75) is 6.92 Å². The summed E-state index contributed by atoms with van der Waals surface area (Å²) in [6.07, 6.45) is 1.75. The zero-order valence-electron chi connectivity index (χ0n) is 16.0. The lowest BCUT2D eigenvalue weighted by molar-refractivity contribution is 0.0746. The van der Waals surface area contributed by atoms with Gasteiger partial charge in [-0.1, -0.05) is 23.7 Å². The highest BCUT2D eigenvalue weighted by molar-refractivity contribution is 6.33. The Bertz CT molecular complexity index is 1000. The van der Waals surface area contributed by atoms with Gasteiger partial charge in [0.05, 0.1) is 10.6 Å². The monoisotopic (exact) mass is 408 g/mol. The highest BCUT2D eigenvalue weighted by Gasteiger charge is 2.24. The molecule has 3 heterocycles. The van der Waals surface area contributed by atoms with Gasteiger partial charge in [0.1, 0.15) is 5.82 Å². The number of nitrogens with zero attached hydrogens (tertiary/aromatic N) is 5. The molecule has 0 saturated carbocycles. The normalized spacial score (nSPS) is 14.0.